The SMILES string of the molecule is CCn1c(=O)c2cnc(Nc3cc(F)c4c(c3)CCNC4)nc2n1-c1ccnc(C(C)(C)C)c1. The number of benzene rings is 1. The van der Waals surface area contributed by atoms with Crippen LogP contribution in [0.5, 0.6) is 0 Å². The number of pyridine rings is 1. The predicted octanol–water partition coefficient (Wildman–Crippen LogP) is 3.82. The van der Waals surface area contributed by atoms with Gasteiger partial charge in [0.05, 0.1) is 5.69 Å². The lowest BCUT2D eigenvalue weighted by Gasteiger charge is -2.19. The van der Waals surface area contributed by atoms with Gasteiger partial charge in [-0.05, 0) is 49.7 Å². The highest BCUT2D eigenvalue weighted by molar-refractivity contribution is 5.77. The maximum absolute atomic E-state index is 14.6. The first-order valence-electron chi connectivity index (χ1n) is 11.5. The largest absolute Gasteiger partial charge is 0.324 e. The highest BCUT2D eigenvalue weighted by Crippen LogP contribution is 2.26. The van der Waals surface area contributed by atoms with Crippen molar-refractivity contribution in [3.8, 4) is 5.69 Å². The fourth-order valence-electron chi connectivity index (χ4n) is 4.35. The molecule has 0 aliphatic carbocycles. The van der Waals surface area contributed by atoms with Crippen LogP contribution >= 0.6 is 0 Å². The van der Waals surface area contributed by atoms with Gasteiger partial charge in [0.25, 0.3) is 5.56 Å². The molecule has 0 spiro atoms. The Morgan fingerprint density at radius 2 is 2.03 bits per heavy atom. The second-order valence-electron chi connectivity index (χ2n) is 9.56. The van der Waals surface area contributed by atoms with E-state index in [1.807, 2.05) is 25.1 Å². The monoisotopic (exact) mass is 461 g/mol. The van der Waals surface area contributed by atoms with E-state index < -0.39 is 0 Å². The van der Waals surface area contributed by atoms with Crippen LogP contribution in [0.2, 0.25) is 0 Å². The number of anilines is 2. The molecule has 1 aliphatic rings. The molecule has 4 heterocycles. The van der Waals surface area contributed by atoms with Crippen LogP contribution in [0.15, 0.2) is 41.5 Å². The molecule has 3 aromatic heterocycles. The van der Waals surface area contributed by atoms with Crippen LogP contribution in [-0.4, -0.2) is 30.9 Å². The highest BCUT2D eigenvalue weighted by atomic mass is 19.1. The molecule has 1 aromatic carbocycles. The number of fused-ring (bicyclic) bond motifs is 2. The number of nitrogens with zero attached hydrogens (tertiary/aromatic N) is 5. The Morgan fingerprint density at radius 3 is 2.79 bits per heavy atom. The van der Waals surface area contributed by atoms with Gasteiger partial charge in [0.2, 0.25) is 5.95 Å². The van der Waals surface area contributed by atoms with Crippen molar-refractivity contribution < 1.29 is 4.39 Å². The van der Waals surface area contributed by atoms with Gasteiger partial charge in [-0.1, -0.05) is 20.8 Å². The lowest BCUT2D eigenvalue weighted by atomic mass is 9.91. The van der Waals surface area contributed by atoms with Crippen molar-refractivity contribution in [3.63, 3.8) is 0 Å². The summed E-state index contributed by atoms with van der Waals surface area (Å²) in [4.78, 5) is 26.6. The summed E-state index contributed by atoms with van der Waals surface area (Å²) >= 11 is 0. The van der Waals surface area contributed by atoms with Crippen LogP contribution in [0.3, 0.4) is 0 Å². The Morgan fingerprint density at radius 1 is 1.21 bits per heavy atom. The van der Waals surface area contributed by atoms with Crippen molar-refractivity contribution in [3.05, 3.63) is 69.7 Å². The topological polar surface area (TPSA) is 89.7 Å². The lowest BCUT2D eigenvalue weighted by molar-refractivity contribution is 0.557. The molecule has 0 saturated carbocycles. The first-order chi connectivity index (χ1) is 16.3. The third-order valence-electron chi connectivity index (χ3n) is 6.15. The van der Waals surface area contributed by atoms with E-state index in [9.17, 15) is 9.18 Å². The van der Waals surface area contributed by atoms with Gasteiger partial charge in [-0.3, -0.25) is 9.78 Å². The lowest BCUT2D eigenvalue weighted by Crippen LogP contribution is -2.24. The summed E-state index contributed by atoms with van der Waals surface area (Å²) in [5.41, 5.74) is 4.14. The minimum Gasteiger partial charge on any atom is -0.324 e. The van der Waals surface area contributed by atoms with Gasteiger partial charge in [0.1, 0.15) is 11.2 Å². The van der Waals surface area contributed by atoms with E-state index in [4.69, 9.17) is 0 Å². The quantitative estimate of drug-likeness (QED) is 0.480. The molecule has 0 amide bonds. The highest BCUT2D eigenvalue weighted by Gasteiger charge is 2.21. The molecule has 1 aliphatic heterocycles. The second-order valence-corrected chi connectivity index (χ2v) is 9.56. The number of hydrogen-bond donors (Lipinski definition) is 2. The third-order valence-corrected chi connectivity index (χ3v) is 6.15. The Bertz CT molecular complexity index is 1450. The predicted molar refractivity (Wildman–Crippen MR) is 130 cm³/mol. The van der Waals surface area contributed by atoms with Crippen LogP contribution in [0.25, 0.3) is 16.7 Å². The number of nitrogens with one attached hydrogen (secondary N) is 2. The zero-order valence-corrected chi connectivity index (χ0v) is 19.8. The van der Waals surface area contributed by atoms with Crippen LogP contribution in [-0.2, 0) is 24.9 Å². The van der Waals surface area contributed by atoms with E-state index in [0.29, 0.717) is 41.3 Å². The molecule has 8 nitrogen and oxygen atoms in total. The summed E-state index contributed by atoms with van der Waals surface area (Å²) in [6, 6.07) is 7.24. The number of hydrogen-bond acceptors (Lipinski definition) is 6. The molecule has 0 unspecified atom stereocenters. The van der Waals surface area contributed by atoms with Crippen molar-refractivity contribution in [2.24, 2.45) is 0 Å². The van der Waals surface area contributed by atoms with Crippen LogP contribution < -0.4 is 16.2 Å². The minimum absolute atomic E-state index is 0.149. The first kappa shape index (κ1) is 22.2. The summed E-state index contributed by atoms with van der Waals surface area (Å²) in [5, 5.41) is 6.74. The van der Waals surface area contributed by atoms with Gasteiger partial charge in [0.15, 0.2) is 5.65 Å². The van der Waals surface area contributed by atoms with E-state index >= 15 is 0 Å². The standard InChI is InChI=1S/C25H28FN7O/c1-5-32-23(34)19-14-29-24(30-16-10-15-6-8-27-13-18(15)20(26)11-16)31-22(19)33(32)17-7-9-28-21(12-17)25(2,3)4/h7,9-12,14,27H,5-6,8,13H2,1-4H3,(H,29,30,31). The van der Waals surface area contributed by atoms with Gasteiger partial charge < -0.3 is 10.6 Å². The average Bonchev–Trinajstić information content (AvgIpc) is 3.09. The van der Waals surface area contributed by atoms with Gasteiger partial charge in [0, 0.05) is 47.8 Å². The molecule has 0 saturated heterocycles. The molecule has 0 bridgehead atoms. The summed E-state index contributed by atoms with van der Waals surface area (Å²) in [6.07, 6.45) is 4.04. The van der Waals surface area contributed by atoms with E-state index in [1.54, 1.807) is 15.6 Å². The van der Waals surface area contributed by atoms with Gasteiger partial charge in [-0.25, -0.2) is 18.7 Å². The molecule has 34 heavy (non-hydrogen) atoms. The van der Waals surface area contributed by atoms with Crippen molar-refractivity contribution >= 4 is 22.7 Å². The Hall–Kier alpha value is -3.59. The molecule has 5 rings (SSSR count). The molecule has 176 valence electrons. The summed E-state index contributed by atoms with van der Waals surface area (Å²) in [6.45, 7) is 10.0. The van der Waals surface area contributed by atoms with E-state index in [1.165, 1.54) is 12.3 Å². The number of rotatable bonds is 4. The Labute approximate surface area is 196 Å². The Balaban J connectivity index is 1.61. The molecule has 0 atom stereocenters. The van der Waals surface area contributed by atoms with E-state index in [-0.39, 0.29) is 16.8 Å². The van der Waals surface area contributed by atoms with Crippen molar-refractivity contribution in [2.75, 3.05) is 11.9 Å². The average molecular weight is 462 g/mol. The normalized spacial score (nSPS) is 13.8. The van der Waals surface area contributed by atoms with Gasteiger partial charge >= 0.3 is 0 Å². The third kappa shape index (κ3) is 3.86. The van der Waals surface area contributed by atoms with E-state index in [2.05, 4.69) is 46.4 Å². The van der Waals surface area contributed by atoms with Crippen molar-refractivity contribution in [2.45, 2.75) is 52.6 Å². The van der Waals surface area contributed by atoms with Crippen molar-refractivity contribution in [1.29, 1.82) is 0 Å². The van der Waals surface area contributed by atoms with Gasteiger partial charge in [-0.15, -0.1) is 0 Å². The molecule has 4 aromatic rings. The number of halogens is 1. The fourth-order valence-corrected chi connectivity index (χ4v) is 4.35. The summed E-state index contributed by atoms with van der Waals surface area (Å²) in [5.74, 6) is 0.0432. The maximum Gasteiger partial charge on any atom is 0.278 e. The Kier molecular flexibility index (Phi) is 5.44. The minimum atomic E-state index is -0.256. The smallest absolute Gasteiger partial charge is 0.278 e. The zero-order valence-electron chi connectivity index (χ0n) is 19.8. The summed E-state index contributed by atoms with van der Waals surface area (Å²) in [7, 11) is 0. The molecule has 2 N–H and O–H groups in total. The molecular weight excluding hydrogens is 433 g/mol. The van der Waals surface area contributed by atoms with Crippen LogP contribution in [0, 0.1) is 5.82 Å². The fraction of sp³-hybridized carbons (Fsp3) is 0.360. The summed E-state index contributed by atoms with van der Waals surface area (Å²) < 4.78 is 18.1. The van der Waals surface area contributed by atoms with Crippen LogP contribution in [0.4, 0.5) is 16.0 Å². The number of aromatic nitrogens is 5. The molecule has 0 fully saturated rings. The maximum atomic E-state index is 14.6. The van der Waals surface area contributed by atoms with Crippen LogP contribution in [0.1, 0.15) is 44.5 Å². The van der Waals surface area contributed by atoms with E-state index in [0.717, 1.165) is 29.9 Å². The molecular formula is C25H28FN7O. The molecule has 9 heteroatoms. The second kappa shape index (κ2) is 8.32. The first-order valence-corrected chi connectivity index (χ1v) is 11.5. The van der Waals surface area contributed by atoms with Crippen molar-refractivity contribution in [1.82, 2.24) is 29.6 Å². The van der Waals surface area contributed by atoms with Gasteiger partial charge in [-0.2, -0.15) is 4.98 Å². The molecule has 0 radical (unpaired) electrons. The zero-order chi connectivity index (χ0) is 24.0.